The predicted molar refractivity (Wildman–Crippen MR) is 104 cm³/mol. The molecule has 0 saturated carbocycles. The van der Waals surface area contributed by atoms with Gasteiger partial charge >= 0.3 is 0 Å². The van der Waals surface area contributed by atoms with Gasteiger partial charge in [0.2, 0.25) is 0 Å². The number of pyridine rings is 1. The molecule has 1 aliphatic heterocycles. The van der Waals surface area contributed by atoms with Crippen molar-refractivity contribution < 1.29 is 8.78 Å². The molecule has 4 nitrogen and oxygen atoms in total. The maximum atomic E-state index is 14.0. The highest BCUT2D eigenvalue weighted by atomic mass is 19.1. The fourth-order valence-corrected chi connectivity index (χ4v) is 3.62. The van der Waals surface area contributed by atoms with Crippen LogP contribution >= 0.6 is 0 Å². The third-order valence-electron chi connectivity index (χ3n) is 5.28. The summed E-state index contributed by atoms with van der Waals surface area (Å²) in [7, 11) is 2.12. The van der Waals surface area contributed by atoms with Crippen LogP contribution in [0.4, 0.5) is 14.5 Å². The highest BCUT2D eigenvalue weighted by Crippen LogP contribution is 2.26. The minimum Gasteiger partial charge on any atom is -0.369 e. The van der Waals surface area contributed by atoms with Crippen molar-refractivity contribution in [1.82, 2.24) is 9.88 Å². The van der Waals surface area contributed by atoms with Crippen molar-refractivity contribution in [3.05, 3.63) is 63.8 Å². The Labute approximate surface area is 156 Å². The molecule has 2 heterocycles. The smallest absolute Gasteiger partial charge is 0.195 e. The molecule has 140 valence electrons. The second-order valence-electron chi connectivity index (χ2n) is 7.10. The molecular weight excluding hydrogens is 348 g/mol. The van der Waals surface area contributed by atoms with Crippen molar-refractivity contribution in [2.45, 2.75) is 6.92 Å². The summed E-state index contributed by atoms with van der Waals surface area (Å²) in [5.41, 5.74) is 2.70. The Balaban J connectivity index is 1.74. The topological polar surface area (TPSA) is 39.3 Å². The molecule has 1 aromatic heterocycles. The maximum Gasteiger partial charge on any atom is 0.195 e. The maximum absolute atomic E-state index is 14.0. The highest BCUT2D eigenvalue weighted by molar-refractivity contribution is 5.84. The first kappa shape index (κ1) is 17.7. The van der Waals surface area contributed by atoms with Gasteiger partial charge in [-0.3, -0.25) is 4.79 Å². The molecule has 0 spiro atoms. The SMILES string of the molecule is Cc1c(-c2ccc(N3CCN(C)CC3)cc2)[nH]c2cc(F)cc(F)c2c1=O. The summed E-state index contributed by atoms with van der Waals surface area (Å²) >= 11 is 0. The van der Waals surface area contributed by atoms with Gasteiger partial charge in [-0.05, 0) is 37.7 Å². The van der Waals surface area contributed by atoms with E-state index >= 15 is 0 Å². The molecule has 1 aliphatic rings. The number of nitrogens with zero attached hydrogens (tertiary/aromatic N) is 2. The summed E-state index contributed by atoms with van der Waals surface area (Å²) in [5.74, 6) is -1.55. The molecule has 1 N–H and O–H groups in total. The van der Waals surface area contributed by atoms with Gasteiger partial charge < -0.3 is 14.8 Å². The molecule has 0 atom stereocenters. The van der Waals surface area contributed by atoms with E-state index in [1.54, 1.807) is 6.92 Å². The van der Waals surface area contributed by atoms with Crippen LogP contribution in [0.25, 0.3) is 22.2 Å². The van der Waals surface area contributed by atoms with E-state index in [-0.39, 0.29) is 10.9 Å². The monoisotopic (exact) mass is 369 g/mol. The van der Waals surface area contributed by atoms with Gasteiger partial charge in [-0.25, -0.2) is 8.78 Å². The van der Waals surface area contributed by atoms with Crippen LogP contribution in [0.15, 0.2) is 41.2 Å². The van der Waals surface area contributed by atoms with E-state index in [2.05, 4.69) is 21.8 Å². The van der Waals surface area contributed by atoms with Gasteiger partial charge in [0, 0.05) is 43.5 Å². The fraction of sp³-hybridized carbons (Fsp3) is 0.286. The Morgan fingerprint density at radius 3 is 2.33 bits per heavy atom. The molecule has 0 radical (unpaired) electrons. The average molecular weight is 369 g/mol. The summed E-state index contributed by atoms with van der Waals surface area (Å²) in [6.07, 6.45) is 0. The Morgan fingerprint density at radius 2 is 1.67 bits per heavy atom. The Kier molecular flexibility index (Phi) is 4.44. The zero-order valence-electron chi connectivity index (χ0n) is 15.4. The van der Waals surface area contributed by atoms with Crippen LogP contribution in [0.1, 0.15) is 5.56 Å². The van der Waals surface area contributed by atoms with E-state index in [4.69, 9.17) is 0 Å². The standard InChI is InChI=1S/C21H21F2N3O/c1-13-20(24-18-12-15(22)11-17(23)19(18)21(13)27)14-3-5-16(6-4-14)26-9-7-25(2)8-10-26/h3-6,11-12H,7-10H2,1-2H3,(H,24,27). The molecule has 2 aromatic carbocycles. The van der Waals surface area contributed by atoms with Gasteiger partial charge in [0.1, 0.15) is 11.6 Å². The molecule has 4 rings (SSSR count). The van der Waals surface area contributed by atoms with Gasteiger partial charge in [-0.1, -0.05) is 12.1 Å². The summed E-state index contributed by atoms with van der Waals surface area (Å²) in [6.45, 7) is 5.65. The summed E-state index contributed by atoms with van der Waals surface area (Å²) in [5, 5.41) is -0.105. The second-order valence-corrected chi connectivity index (χ2v) is 7.10. The largest absolute Gasteiger partial charge is 0.369 e. The molecule has 6 heteroatoms. The third kappa shape index (κ3) is 3.21. The van der Waals surface area contributed by atoms with Gasteiger partial charge in [0.25, 0.3) is 0 Å². The van der Waals surface area contributed by atoms with Crippen molar-refractivity contribution in [2.24, 2.45) is 0 Å². The Morgan fingerprint density at radius 1 is 1.00 bits per heavy atom. The van der Waals surface area contributed by atoms with Crippen LogP contribution in [-0.2, 0) is 0 Å². The lowest BCUT2D eigenvalue weighted by molar-refractivity contribution is 0.313. The van der Waals surface area contributed by atoms with Gasteiger partial charge in [-0.2, -0.15) is 0 Å². The van der Waals surface area contributed by atoms with Crippen molar-refractivity contribution in [2.75, 3.05) is 38.1 Å². The number of halogens is 2. The molecule has 3 aromatic rings. The number of likely N-dealkylation sites (N-methyl/N-ethyl adjacent to an activating group) is 1. The minimum absolute atomic E-state index is 0.105. The van der Waals surface area contributed by atoms with Crippen LogP contribution < -0.4 is 10.3 Å². The van der Waals surface area contributed by atoms with E-state index in [1.807, 2.05) is 24.3 Å². The predicted octanol–water partition coefficient (Wildman–Crippen LogP) is 3.53. The molecule has 0 amide bonds. The van der Waals surface area contributed by atoms with E-state index in [1.165, 1.54) is 0 Å². The lowest BCUT2D eigenvalue weighted by Crippen LogP contribution is -2.44. The summed E-state index contributed by atoms with van der Waals surface area (Å²) < 4.78 is 27.6. The number of hydrogen-bond donors (Lipinski definition) is 1. The number of hydrogen-bond acceptors (Lipinski definition) is 3. The van der Waals surface area contributed by atoms with Crippen molar-refractivity contribution in [1.29, 1.82) is 0 Å². The molecule has 1 saturated heterocycles. The van der Waals surface area contributed by atoms with Gasteiger partial charge in [0.05, 0.1) is 16.6 Å². The summed E-state index contributed by atoms with van der Waals surface area (Å²) in [6, 6.07) is 9.81. The van der Waals surface area contributed by atoms with Crippen LogP contribution in [0, 0.1) is 18.6 Å². The Bertz CT molecular complexity index is 1050. The van der Waals surface area contributed by atoms with E-state index < -0.39 is 17.1 Å². The molecule has 27 heavy (non-hydrogen) atoms. The van der Waals surface area contributed by atoms with E-state index in [0.29, 0.717) is 11.3 Å². The lowest BCUT2D eigenvalue weighted by atomic mass is 10.0. The number of aromatic nitrogens is 1. The average Bonchev–Trinajstić information content (AvgIpc) is 2.65. The molecule has 0 aliphatic carbocycles. The number of aromatic amines is 1. The van der Waals surface area contributed by atoms with Crippen LogP contribution in [0.2, 0.25) is 0 Å². The molecular formula is C21H21F2N3O. The number of nitrogens with one attached hydrogen (secondary N) is 1. The minimum atomic E-state index is -0.841. The number of anilines is 1. The molecule has 0 bridgehead atoms. The van der Waals surface area contributed by atoms with Crippen molar-refractivity contribution in [3.8, 4) is 11.3 Å². The van der Waals surface area contributed by atoms with Gasteiger partial charge in [-0.15, -0.1) is 0 Å². The quantitative estimate of drug-likeness (QED) is 0.751. The van der Waals surface area contributed by atoms with Crippen LogP contribution in [-0.4, -0.2) is 43.1 Å². The van der Waals surface area contributed by atoms with Crippen molar-refractivity contribution >= 4 is 16.6 Å². The number of benzene rings is 2. The number of piperazine rings is 1. The van der Waals surface area contributed by atoms with Crippen LogP contribution in [0.3, 0.4) is 0 Å². The van der Waals surface area contributed by atoms with Gasteiger partial charge in [0.15, 0.2) is 5.43 Å². The highest BCUT2D eigenvalue weighted by Gasteiger charge is 2.16. The van der Waals surface area contributed by atoms with E-state index in [0.717, 1.165) is 49.6 Å². The molecule has 1 fully saturated rings. The third-order valence-corrected chi connectivity index (χ3v) is 5.28. The normalized spacial score (nSPS) is 15.5. The van der Waals surface area contributed by atoms with E-state index in [9.17, 15) is 13.6 Å². The first-order valence-electron chi connectivity index (χ1n) is 8.99. The summed E-state index contributed by atoms with van der Waals surface area (Å²) in [4.78, 5) is 20.3. The number of rotatable bonds is 2. The zero-order chi connectivity index (χ0) is 19.1. The fourth-order valence-electron chi connectivity index (χ4n) is 3.62. The molecule has 0 unspecified atom stereocenters. The first-order chi connectivity index (χ1) is 12.9. The zero-order valence-corrected chi connectivity index (χ0v) is 15.4. The Hall–Kier alpha value is -2.73. The first-order valence-corrected chi connectivity index (χ1v) is 8.99. The van der Waals surface area contributed by atoms with Crippen LogP contribution in [0.5, 0.6) is 0 Å². The number of H-pyrrole nitrogens is 1. The van der Waals surface area contributed by atoms with Crippen molar-refractivity contribution in [3.63, 3.8) is 0 Å². The lowest BCUT2D eigenvalue weighted by Gasteiger charge is -2.34. The number of fused-ring (bicyclic) bond motifs is 1. The second kappa shape index (κ2) is 6.78.